The minimum Gasteiger partial charge on any atom is -0.390 e. The van der Waals surface area contributed by atoms with Crippen LogP contribution in [-0.4, -0.2) is 84.1 Å². The molecule has 0 radical (unpaired) electrons. The summed E-state index contributed by atoms with van der Waals surface area (Å²) in [6, 6.07) is 5.20. The maximum atomic E-state index is 13.7. The summed E-state index contributed by atoms with van der Waals surface area (Å²) in [6.45, 7) is 8.40. The molecule has 0 bridgehead atoms. The van der Waals surface area contributed by atoms with Gasteiger partial charge in [0.25, 0.3) is 0 Å². The summed E-state index contributed by atoms with van der Waals surface area (Å²) in [4.78, 5) is 14.1. The number of β-amino-alcohol motifs (C(OH)–C–C–N with tert-alkyl or cyclic N) is 1. The van der Waals surface area contributed by atoms with Crippen molar-refractivity contribution in [2.24, 2.45) is 5.41 Å². The Morgan fingerprint density at radius 1 is 1.05 bits per heavy atom. The van der Waals surface area contributed by atoms with Gasteiger partial charge in [0.1, 0.15) is 18.0 Å². The average molecular weight is 555 g/mol. The molecule has 9 nitrogen and oxygen atoms in total. The number of aliphatic hydroxyl groups excluding tert-OH is 1. The van der Waals surface area contributed by atoms with Crippen LogP contribution in [0.25, 0.3) is 0 Å². The third-order valence-electron chi connectivity index (χ3n) is 9.47. The van der Waals surface area contributed by atoms with Crippen molar-refractivity contribution in [2.75, 3.05) is 49.9 Å². The number of rotatable bonds is 7. The molecule has 0 unspecified atom stereocenters. The predicted octanol–water partition coefficient (Wildman–Crippen LogP) is 3.06. The zero-order valence-corrected chi connectivity index (χ0v) is 24.0. The molecule has 4 heterocycles. The second-order valence-corrected chi connectivity index (χ2v) is 14.2. The highest BCUT2D eigenvalue weighted by atomic mass is 32.2. The SMILES string of the molecule is Cc1cccc(C)c1S(=O)(=O)N1CCC[C@@H]1[C@@H](O)CN1CCC[C@@]2(CCN(c3ncnc(N)c3C3CC3)C2)C1. The Hall–Kier alpha value is -2.27. The average Bonchev–Trinajstić information content (AvgIpc) is 3.44. The number of aliphatic hydroxyl groups is 1. The Balaban J connectivity index is 1.14. The molecule has 1 aromatic heterocycles. The maximum absolute atomic E-state index is 13.7. The van der Waals surface area contributed by atoms with Gasteiger partial charge in [-0.1, -0.05) is 18.2 Å². The van der Waals surface area contributed by atoms with Gasteiger partial charge in [0, 0.05) is 43.7 Å². The zero-order valence-electron chi connectivity index (χ0n) is 23.2. The number of nitrogen functional groups attached to an aromatic ring is 1. The van der Waals surface area contributed by atoms with Crippen LogP contribution in [0.5, 0.6) is 0 Å². The number of hydrogen-bond acceptors (Lipinski definition) is 8. The number of aryl methyl sites for hydroxylation is 2. The van der Waals surface area contributed by atoms with Gasteiger partial charge in [-0.25, -0.2) is 18.4 Å². The van der Waals surface area contributed by atoms with Crippen molar-refractivity contribution in [3.8, 4) is 0 Å². The normalized spacial score (nSPS) is 27.5. The van der Waals surface area contributed by atoms with Gasteiger partial charge >= 0.3 is 0 Å². The van der Waals surface area contributed by atoms with Crippen LogP contribution in [-0.2, 0) is 10.0 Å². The lowest BCUT2D eigenvalue weighted by Crippen LogP contribution is -2.51. The van der Waals surface area contributed by atoms with Gasteiger partial charge in [-0.3, -0.25) is 0 Å². The van der Waals surface area contributed by atoms with Gasteiger partial charge < -0.3 is 20.6 Å². The number of likely N-dealkylation sites (tertiary alicyclic amines) is 1. The summed E-state index contributed by atoms with van der Waals surface area (Å²) in [7, 11) is -3.68. The van der Waals surface area contributed by atoms with Crippen LogP contribution in [0.1, 0.15) is 67.6 Å². The van der Waals surface area contributed by atoms with Gasteiger partial charge in [-0.15, -0.1) is 0 Å². The quantitative estimate of drug-likeness (QED) is 0.537. The highest BCUT2D eigenvalue weighted by molar-refractivity contribution is 7.89. The van der Waals surface area contributed by atoms with Crippen LogP contribution in [0.4, 0.5) is 11.6 Å². The third-order valence-corrected chi connectivity index (χ3v) is 11.7. The molecule has 10 heteroatoms. The van der Waals surface area contributed by atoms with Crippen molar-refractivity contribution in [2.45, 2.75) is 81.8 Å². The summed E-state index contributed by atoms with van der Waals surface area (Å²) >= 11 is 0. The summed E-state index contributed by atoms with van der Waals surface area (Å²) in [5.41, 5.74) is 9.07. The molecular formula is C29H42N6O3S. The van der Waals surface area contributed by atoms with E-state index in [0.717, 1.165) is 87.2 Å². The highest BCUT2D eigenvalue weighted by Gasteiger charge is 2.45. The van der Waals surface area contributed by atoms with Crippen molar-refractivity contribution in [3.05, 3.63) is 41.2 Å². The number of sulfonamides is 1. The molecule has 4 aliphatic rings. The first-order chi connectivity index (χ1) is 18.7. The largest absolute Gasteiger partial charge is 0.390 e. The fourth-order valence-corrected chi connectivity index (χ4v) is 9.64. The minimum atomic E-state index is -3.68. The van der Waals surface area contributed by atoms with Crippen LogP contribution in [0.3, 0.4) is 0 Å². The molecule has 4 fully saturated rings. The molecule has 1 aromatic carbocycles. The van der Waals surface area contributed by atoms with Crippen LogP contribution in [0, 0.1) is 19.3 Å². The van der Waals surface area contributed by atoms with Gasteiger partial charge in [0.2, 0.25) is 10.0 Å². The van der Waals surface area contributed by atoms with E-state index in [1.165, 1.54) is 0 Å². The van der Waals surface area contributed by atoms with Gasteiger partial charge in [0.15, 0.2) is 0 Å². The van der Waals surface area contributed by atoms with E-state index in [1.807, 2.05) is 32.0 Å². The number of nitrogens with two attached hydrogens (primary N) is 1. The molecule has 1 saturated carbocycles. The lowest BCUT2D eigenvalue weighted by Gasteiger charge is -2.42. The van der Waals surface area contributed by atoms with E-state index in [1.54, 1.807) is 10.6 Å². The number of benzene rings is 1. The zero-order chi connectivity index (χ0) is 27.4. The number of anilines is 2. The summed E-state index contributed by atoms with van der Waals surface area (Å²) in [6.07, 6.45) is 7.98. The topological polar surface area (TPSA) is 116 Å². The fourth-order valence-electron chi connectivity index (χ4n) is 7.49. The summed E-state index contributed by atoms with van der Waals surface area (Å²) in [5.74, 6) is 2.12. The number of aromatic nitrogens is 2. The third kappa shape index (κ3) is 5.05. The molecule has 2 aromatic rings. The molecule has 39 heavy (non-hydrogen) atoms. The van der Waals surface area contributed by atoms with E-state index >= 15 is 0 Å². The lowest BCUT2D eigenvalue weighted by molar-refractivity contribution is 0.0291. The van der Waals surface area contributed by atoms with E-state index in [0.29, 0.717) is 36.1 Å². The second kappa shape index (κ2) is 10.3. The van der Waals surface area contributed by atoms with Crippen LogP contribution in [0.2, 0.25) is 0 Å². The van der Waals surface area contributed by atoms with Crippen LogP contribution < -0.4 is 10.6 Å². The first-order valence-corrected chi connectivity index (χ1v) is 16.0. The molecule has 3 saturated heterocycles. The molecule has 0 amide bonds. The van der Waals surface area contributed by atoms with E-state index in [2.05, 4.69) is 19.8 Å². The standard InChI is InChI=1S/C29H42N6O3S/c1-20-6-3-7-21(2)26(20)39(37,38)35-14-4-8-23(35)24(36)16-33-13-5-11-29(17-33)12-15-34(18-29)28-25(22-9-10-22)27(30)31-19-32-28/h3,6-7,19,22-24,36H,4-5,8-18H2,1-2H3,(H2,30,31,32)/t23-,24+,29-/m1/s1. The van der Waals surface area contributed by atoms with E-state index in [4.69, 9.17) is 5.73 Å². The molecule has 1 aliphatic carbocycles. The Morgan fingerprint density at radius 2 is 1.82 bits per heavy atom. The summed E-state index contributed by atoms with van der Waals surface area (Å²) < 4.78 is 29.0. The van der Waals surface area contributed by atoms with Crippen molar-refractivity contribution < 1.29 is 13.5 Å². The van der Waals surface area contributed by atoms with E-state index in [-0.39, 0.29) is 5.41 Å². The van der Waals surface area contributed by atoms with Crippen molar-refractivity contribution in [1.82, 2.24) is 19.2 Å². The number of hydrogen-bond donors (Lipinski definition) is 2. The first-order valence-electron chi connectivity index (χ1n) is 14.5. The Kier molecular flexibility index (Phi) is 7.10. The minimum absolute atomic E-state index is 0.151. The molecule has 3 aliphatic heterocycles. The smallest absolute Gasteiger partial charge is 0.243 e. The molecule has 1 spiro atoms. The molecule has 212 valence electrons. The van der Waals surface area contributed by atoms with Crippen LogP contribution in [0.15, 0.2) is 29.4 Å². The molecular weight excluding hydrogens is 512 g/mol. The fraction of sp³-hybridized carbons (Fsp3) is 0.655. The monoisotopic (exact) mass is 554 g/mol. The van der Waals surface area contributed by atoms with Crippen LogP contribution >= 0.6 is 0 Å². The van der Waals surface area contributed by atoms with Crippen molar-refractivity contribution in [3.63, 3.8) is 0 Å². The Bertz CT molecular complexity index is 1310. The molecule has 6 rings (SSSR count). The van der Waals surface area contributed by atoms with Crippen molar-refractivity contribution in [1.29, 1.82) is 0 Å². The Labute approximate surface area is 232 Å². The second-order valence-electron chi connectivity index (χ2n) is 12.4. The van der Waals surface area contributed by atoms with Gasteiger partial charge in [-0.2, -0.15) is 4.31 Å². The van der Waals surface area contributed by atoms with Gasteiger partial charge in [0.05, 0.1) is 17.0 Å². The van der Waals surface area contributed by atoms with Crippen molar-refractivity contribution >= 4 is 21.7 Å². The van der Waals surface area contributed by atoms with E-state index in [9.17, 15) is 13.5 Å². The maximum Gasteiger partial charge on any atom is 0.243 e. The Morgan fingerprint density at radius 3 is 2.56 bits per heavy atom. The first kappa shape index (κ1) is 26.9. The lowest BCUT2D eigenvalue weighted by atomic mass is 9.79. The van der Waals surface area contributed by atoms with Gasteiger partial charge in [-0.05, 0) is 82.4 Å². The number of piperidine rings is 1. The number of nitrogens with zero attached hydrogens (tertiary/aromatic N) is 5. The molecule has 3 atom stereocenters. The summed E-state index contributed by atoms with van der Waals surface area (Å²) in [5, 5.41) is 11.4. The molecule has 3 N–H and O–H groups in total. The highest BCUT2D eigenvalue weighted by Crippen LogP contribution is 2.48. The van der Waals surface area contributed by atoms with E-state index < -0.39 is 22.2 Å². The predicted molar refractivity (Wildman–Crippen MR) is 152 cm³/mol.